The molecule has 0 aliphatic heterocycles. The van der Waals surface area contributed by atoms with E-state index in [2.05, 4.69) is 0 Å². The number of rotatable bonds is 2. The zero-order valence-corrected chi connectivity index (χ0v) is 7.01. The zero-order valence-electron chi connectivity index (χ0n) is 5.01. The summed E-state index contributed by atoms with van der Waals surface area (Å²) < 4.78 is -0.939. The molecule has 3 nitrogen and oxygen atoms in total. The third-order valence-electron chi connectivity index (χ3n) is 0.584. The second-order valence-electron chi connectivity index (χ2n) is 2.38. The molecular formula is C4H7NaO3. The first kappa shape index (κ1) is 8.43. The van der Waals surface area contributed by atoms with Crippen LogP contribution in [0.15, 0.2) is 0 Å². The zero-order chi connectivity index (χ0) is 6.78. The van der Waals surface area contributed by atoms with E-state index in [0.29, 0.717) is 27.9 Å². The van der Waals surface area contributed by atoms with Crippen LogP contribution in [0.5, 0.6) is 0 Å². The molecule has 0 rings (SSSR count). The summed E-state index contributed by atoms with van der Waals surface area (Å²) in [6, 6.07) is 0. The van der Waals surface area contributed by atoms with Crippen LogP contribution >= 0.6 is 0 Å². The van der Waals surface area contributed by atoms with Gasteiger partial charge in [0.2, 0.25) is 0 Å². The van der Waals surface area contributed by atoms with Gasteiger partial charge in [0, 0.05) is 0 Å². The molecule has 0 spiro atoms. The molecule has 42 valence electrons. The van der Waals surface area contributed by atoms with Gasteiger partial charge in [-0.25, -0.2) is 0 Å². The van der Waals surface area contributed by atoms with E-state index in [0.717, 1.165) is 0 Å². The molecule has 0 fully saturated rings. The van der Waals surface area contributed by atoms with Gasteiger partial charge in [-0.15, -0.1) is 0 Å². The summed E-state index contributed by atoms with van der Waals surface area (Å²) in [7, 11) is 0. The van der Waals surface area contributed by atoms with Gasteiger partial charge in [-0.3, -0.25) is 0 Å². The second kappa shape index (κ2) is 2.82. The predicted molar refractivity (Wildman–Crippen MR) is 28.6 cm³/mol. The van der Waals surface area contributed by atoms with Crippen LogP contribution in [0, 0.1) is 0 Å². The van der Waals surface area contributed by atoms with Gasteiger partial charge in [0.1, 0.15) is 0 Å². The molecular weight excluding hydrogens is 119 g/mol. The average Bonchev–Trinajstić information content (AvgIpc) is 1.21. The van der Waals surface area contributed by atoms with Crippen molar-refractivity contribution in [3.63, 3.8) is 0 Å². The van der Waals surface area contributed by atoms with Gasteiger partial charge in [0.15, 0.2) is 0 Å². The molecule has 0 aromatic rings. The summed E-state index contributed by atoms with van der Waals surface area (Å²) in [5.74, 6) is -0.940. The van der Waals surface area contributed by atoms with Crippen LogP contribution in [0.25, 0.3) is 0 Å². The predicted octanol–water partition coefficient (Wildman–Crippen LogP) is -0.662. The van der Waals surface area contributed by atoms with Crippen molar-refractivity contribution in [1.29, 1.82) is 0 Å². The van der Waals surface area contributed by atoms with Crippen molar-refractivity contribution >= 4 is 33.9 Å². The molecule has 0 aliphatic rings. The average molecular weight is 126 g/mol. The normalized spacial score (nSPS) is 17.5. The van der Waals surface area contributed by atoms with Crippen molar-refractivity contribution < 1.29 is 15.0 Å². The Labute approximate surface area is 65.1 Å². The number of aliphatic hydroxyl groups is 1. The van der Waals surface area contributed by atoms with Crippen LogP contribution < -0.4 is 0 Å². The van der Waals surface area contributed by atoms with E-state index >= 15 is 0 Å². The summed E-state index contributed by atoms with van der Waals surface area (Å²) in [6.07, 6.45) is -0.140. The molecule has 0 aromatic heterocycles. The number of carboxylic acid groups (broad SMARTS) is 1. The van der Waals surface area contributed by atoms with Gasteiger partial charge in [0.25, 0.3) is 0 Å². The molecule has 0 radical (unpaired) electrons. The van der Waals surface area contributed by atoms with Gasteiger partial charge in [-0.2, -0.15) is 0 Å². The van der Waals surface area contributed by atoms with E-state index < -0.39 is 8.82 Å². The molecule has 0 amide bonds. The SMILES string of the molecule is C[C](O)([Na])CC(=O)O. The van der Waals surface area contributed by atoms with Crippen molar-refractivity contribution in [3.05, 3.63) is 0 Å². The summed E-state index contributed by atoms with van der Waals surface area (Å²) in [5.41, 5.74) is 0. The first-order valence-corrected chi connectivity index (χ1v) is 3.36. The molecule has 1 atom stereocenters. The number of aliphatic carboxylic acids is 1. The summed E-state index contributed by atoms with van der Waals surface area (Å²) in [5, 5.41) is 17.0. The monoisotopic (exact) mass is 126 g/mol. The van der Waals surface area contributed by atoms with Crippen molar-refractivity contribution in [2.75, 3.05) is 0 Å². The van der Waals surface area contributed by atoms with Crippen molar-refractivity contribution in [2.24, 2.45) is 0 Å². The van der Waals surface area contributed by atoms with Crippen molar-refractivity contribution in [3.8, 4) is 0 Å². The number of hydrogen-bond acceptors (Lipinski definition) is 2. The van der Waals surface area contributed by atoms with Gasteiger partial charge in [0.05, 0.1) is 0 Å². The fourth-order valence-corrected chi connectivity index (χ4v) is 0.673. The standard InChI is InChI=1S/C4H7O3.Na/c1-3(5)2-4(6)7;/h5H,2H2,1H3,(H,6,7);. The minimum atomic E-state index is -0.940. The molecule has 0 saturated heterocycles. The molecule has 1 unspecified atom stereocenters. The fourth-order valence-electron chi connectivity index (χ4n) is 0.370. The third kappa shape index (κ3) is 6.43. The quantitative estimate of drug-likeness (QED) is 0.483. The van der Waals surface area contributed by atoms with Gasteiger partial charge in [-0.05, 0) is 0 Å². The van der Waals surface area contributed by atoms with Crippen molar-refractivity contribution in [1.82, 2.24) is 0 Å². The Morgan fingerprint density at radius 1 is 1.88 bits per heavy atom. The second-order valence-corrected chi connectivity index (χ2v) is 4.54. The van der Waals surface area contributed by atoms with Gasteiger partial charge < -0.3 is 0 Å². The van der Waals surface area contributed by atoms with E-state index in [1.165, 1.54) is 6.92 Å². The Morgan fingerprint density at radius 3 is 2.25 bits per heavy atom. The number of carbonyl (C=O) groups is 1. The van der Waals surface area contributed by atoms with Gasteiger partial charge >= 0.3 is 65.1 Å². The van der Waals surface area contributed by atoms with E-state index in [1.807, 2.05) is 0 Å². The molecule has 0 heterocycles. The maximum absolute atomic E-state index is 9.88. The molecule has 4 heteroatoms. The topological polar surface area (TPSA) is 57.5 Å². The van der Waals surface area contributed by atoms with Crippen LogP contribution in [-0.2, 0) is 4.79 Å². The minimum absolute atomic E-state index is 0.140. The molecule has 0 aliphatic carbocycles. The Balaban J connectivity index is 3.55. The molecule has 8 heavy (non-hydrogen) atoms. The Morgan fingerprint density at radius 2 is 2.25 bits per heavy atom. The van der Waals surface area contributed by atoms with Crippen LogP contribution in [0.1, 0.15) is 13.3 Å². The van der Waals surface area contributed by atoms with E-state index in [-0.39, 0.29) is 6.42 Å². The molecule has 0 saturated carbocycles. The maximum atomic E-state index is 9.88. The first-order valence-electron chi connectivity index (χ1n) is 2.36. The summed E-state index contributed by atoms with van der Waals surface area (Å²) in [6.45, 7) is 1.52. The van der Waals surface area contributed by atoms with Crippen LogP contribution in [0.2, 0.25) is 0 Å². The Bertz CT molecular complexity index is 93.9. The number of hydrogen-bond donors (Lipinski definition) is 2. The third-order valence-corrected chi connectivity index (χ3v) is 0.937. The van der Waals surface area contributed by atoms with Crippen molar-refractivity contribution in [2.45, 2.75) is 16.2 Å². The number of carboxylic acids is 1. The fraction of sp³-hybridized carbons (Fsp3) is 0.750. The van der Waals surface area contributed by atoms with Gasteiger partial charge in [-0.1, -0.05) is 0 Å². The van der Waals surface area contributed by atoms with E-state index in [4.69, 9.17) is 10.2 Å². The van der Waals surface area contributed by atoms with Crippen LogP contribution in [-0.4, -0.2) is 47.0 Å². The van der Waals surface area contributed by atoms with E-state index in [1.54, 1.807) is 0 Å². The van der Waals surface area contributed by atoms with E-state index in [9.17, 15) is 4.79 Å². The Hall–Kier alpha value is 0.430. The molecule has 0 bridgehead atoms. The molecule has 2 N–H and O–H groups in total. The summed E-state index contributed by atoms with van der Waals surface area (Å²) >= 11 is 0.501. The van der Waals surface area contributed by atoms with Crippen LogP contribution in [0.4, 0.5) is 0 Å². The first-order chi connectivity index (χ1) is 3.42. The Kier molecular flexibility index (Phi) is 2.98. The summed E-state index contributed by atoms with van der Waals surface area (Å²) in [4.78, 5) is 9.88. The molecule has 0 aromatic carbocycles. The van der Waals surface area contributed by atoms with Crippen LogP contribution in [0.3, 0.4) is 0 Å².